The van der Waals surface area contributed by atoms with Crippen molar-refractivity contribution in [2.75, 3.05) is 26.7 Å². The van der Waals surface area contributed by atoms with E-state index in [9.17, 15) is 0 Å². The molecule has 0 aliphatic carbocycles. The second kappa shape index (κ2) is 8.48. The lowest BCUT2D eigenvalue weighted by Gasteiger charge is -2.35. The fourth-order valence-corrected chi connectivity index (χ4v) is 2.43. The van der Waals surface area contributed by atoms with E-state index in [1.54, 1.807) is 0 Å². The molecule has 1 saturated heterocycles. The van der Waals surface area contributed by atoms with Crippen LogP contribution in [0.25, 0.3) is 0 Å². The average molecular weight is 236 g/mol. The lowest BCUT2D eigenvalue weighted by atomic mass is 10.0. The Morgan fingerprint density at radius 1 is 1.41 bits per heavy atom. The van der Waals surface area contributed by atoms with Crippen molar-refractivity contribution in [3.63, 3.8) is 0 Å². The van der Waals surface area contributed by atoms with Gasteiger partial charge in [-0.2, -0.15) is 0 Å². The van der Waals surface area contributed by atoms with Crippen LogP contribution in [0.3, 0.4) is 0 Å². The van der Waals surface area contributed by atoms with Crippen LogP contribution in [-0.2, 0) is 0 Å². The van der Waals surface area contributed by atoms with Crippen molar-refractivity contribution in [2.45, 2.75) is 45.6 Å². The largest absolute Gasteiger partial charge is 0.318 e. The summed E-state index contributed by atoms with van der Waals surface area (Å²) in [6.45, 7) is 7.87. The van der Waals surface area contributed by atoms with Gasteiger partial charge in [0.1, 0.15) is 0 Å². The third-order valence-corrected chi connectivity index (χ3v) is 3.61. The second-order valence-electron chi connectivity index (χ2n) is 4.97. The highest BCUT2D eigenvalue weighted by molar-refractivity contribution is 5.14. The molecule has 1 N–H and O–H groups in total. The molecule has 2 nitrogen and oxygen atoms in total. The summed E-state index contributed by atoms with van der Waals surface area (Å²) in [7, 11) is 2.06. The van der Waals surface area contributed by atoms with Crippen molar-refractivity contribution in [2.24, 2.45) is 0 Å². The minimum absolute atomic E-state index is 0.755. The predicted octanol–water partition coefficient (Wildman–Crippen LogP) is 2.97. The van der Waals surface area contributed by atoms with Gasteiger partial charge in [0.2, 0.25) is 0 Å². The van der Waals surface area contributed by atoms with Crippen LogP contribution in [0.5, 0.6) is 0 Å². The number of hydrogen-bond acceptors (Lipinski definition) is 2. The van der Waals surface area contributed by atoms with E-state index in [4.69, 9.17) is 0 Å². The molecular weight excluding hydrogens is 208 g/mol. The van der Waals surface area contributed by atoms with Gasteiger partial charge in [-0.1, -0.05) is 30.2 Å². The van der Waals surface area contributed by atoms with Gasteiger partial charge >= 0.3 is 0 Å². The first-order chi connectivity index (χ1) is 8.27. The molecule has 1 unspecified atom stereocenters. The normalized spacial score (nSPS) is 23.5. The summed E-state index contributed by atoms with van der Waals surface area (Å²) in [5, 5.41) is 3.32. The summed E-state index contributed by atoms with van der Waals surface area (Å²) in [6.07, 6.45) is 12.0. The Balaban J connectivity index is 2.30. The molecule has 1 aliphatic heterocycles. The van der Waals surface area contributed by atoms with Gasteiger partial charge < -0.3 is 5.32 Å². The Morgan fingerprint density at radius 2 is 2.24 bits per heavy atom. The Labute approximate surface area is 107 Å². The van der Waals surface area contributed by atoms with E-state index < -0.39 is 0 Å². The van der Waals surface area contributed by atoms with Crippen LogP contribution in [0.4, 0.5) is 0 Å². The second-order valence-corrected chi connectivity index (χ2v) is 4.97. The maximum atomic E-state index is 3.32. The molecule has 0 amide bonds. The highest BCUT2D eigenvalue weighted by Gasteiger charge is 2.20. The van der Waals surface area contributed by atoms with E-state index >= 15 is 0 Å². The van der Waals surface area contributed by atoms with Crippen molar-refractivity contribution >= 4 is 0 Å². The first-order valence-corrected chi connectivity index (χ1v) is 6.96. The zero-order chi connectivity index (χ0) is 12.5. The van der Waals surface area contributed by atoms with Gasteiger partial charge in [-0.3, -0.25) is 4.90 Å². The average Bonchev–Trinajstić information content (AvgIpc) is 2.36. The van der Waals surface area contributed by atoms with Gasteiger partial charge in [-0.15, -0.1) is 0 Å². The van der Waals surface area contributed by atoms with Crippen molar-refractivity contribution in [1.82, 2.24) is 10.2 Å². The van der Waals surface area contributed by atoms with Gasteiger partial charge in [-0.05, 0) is 46.7 Å². The maximum absolute atomic E-state index is 3.32. The van der Waals surface area contributed by atoms with E-state index in [-0.39, 0.29) is 0 Å². The molecule has 1 heterocycles. The van der Waals surface area contributed by atoms with E-state index in [2.05, 4.69) is 49.3 Å². The Kier molecular flexibility index (Phi) is 7.22. The Bertz CT molecular complexity index is 254. The fraction of sp³-hybridized carbons (Fsp3) is 0.733. The number of likely N-dealkylation sites (tertiary alicyclic amines) is 1. The quantitative estimate of drug-likeness (QED) is 0.713. The number of rotatable bonds is 6. The molecule has 1 aliphatic rings. The third kappa shape index (κ3) is 5.51. The summed E-state index contributed by atoms with van der Waals surface area (Å²) in [5.74, 6) is 0. The van der Waals surface area contributed by atoms with Crippen molar-refractivity contribution in [1.29, 1.82) is 0 Å². The fourth-order valence-electron chi connectivity index (χ4n) is 2.43. The van der Waals surface area contributed by atoms with Crippen molar-refractivity contribution in [3.8, 4) is 0 Å². The van der Waals surface area contributed by atoms with Gasteiger partial charge in [0.05, 0.1) is 0 Å². The number of nitrogens with one attached hydrogen (secondary N) is 1. The first-order valence-electron chi connectivity index (χ1n) is 6.96. The highest BCUT2D eigenvalue weighted by atomic mass is 15.2. The van der Waals surface area contributed by atoms with E-state index in [1.165, 1.54) is 44.3 Å². The lowest BCUT2D eigenvalue weighted by molar-refractivity contribution is 0.150. The predicted molar refractivity (Wildman–Crippen MR) is 76.3 cm³/mol. The van der Waals surface area contributed by atoms with Crippen LogP contribution in [-0.4, -0.2) is 37.6 Å². The maximum Gasteiger partial charge on any atom is 0.0220 e. The van der Waals surface area contributed by atoms with E-state index in [0.717, 1.165) is 12.6 Å². The summed E-state index contributed by atoms with van der Waals surface area (Å²) in [4.78, 5) is 2.65. The zero-order valence-electron chi connectivity index (χ0n) is 11.7. The molecule has 98 valence electrons. The monoisotopic (exact) mass is 236 g/mol. The van der Waals surface area contributed by atoms with Crippen molar-refractivity contribution in [3.05, 3.63) is 23.8 Å². The number of likely N-dealkylation sites (N-methyl/N-ethyl adjacent to an activating group) is 1. The summed E-state index contributed by atoms with van der Waals surface area (Å²) in [5.41, 5.74) is 1.36. The SMILES string of the molecule is C/C=C(C)\C=C/CCN1CCCCC1CNC. The van der Waals surface area contributed by atoms with Crippen LogP contribution < -0.4 is 5.32 Å². The molecule has 0 radical (unpaired) electrons. The molecular formula is C15H28N2. The first kappa shape index (κ1) is 14.5. The number of nitrogens with zero attached hydrogens (tertiary/aromatic N) is 1. The molecule has 2 heteroatoms. The van der Waals surface area contributed by atoms with Crippen LogP contribution in [0.1, 0.15) is 39.5 Å². The molecule has 0 bridgehead atoms. The number of hydrogen-bond donors (Lipinski definition) is 1. The van der Waals surface area contributed by atoms with E-state index in [0.29, 0.717) is 0 Å². The van der Waals surface area contributed by atoms with E-state index in [1.807, 2.05) is 0 Å². The van der Waals surface area contributed by atoms with Crippen LogP contribution in [0.2, 0.25) is 0 Å². The van der Waals surface area contributed by atoms with Gasteiger partial charge in [-0.25, -0.2) is 0 Å². The molecule has 0 spiro atoms. The standard InChI is InChI=1S/C15H28N2/c1-4-14(2)9-5-7-11-17-12-8-6-10-15(17)13-16-3/h4-5,9,15-16H,6-8,10-13H2,1-3H3/b9-5-,14-4-. The molecule has 0 aromatic carbocycles. The molecule has 1 fully saturated rings. The van der Waals surface area contributed by atoms with Gasteiger partial charge in [0.25, 0.3) is 0 Å². The molecule has 0 aromatic rings. The lowest BCUT2D eigenvalue weighted by Crippen LogP contribution is -2.45. The molecule has 1 rings (SSSR count). The zero-order valence-corrected chi connectivity index (χ0v) is 11.7. The van der Waals surface area contributed by atoms with Gasteiger partial charge in [0.15, 0.2) is 0 Å². The van der Waals surface area contributed by atoms with Crippen LogP contribution >= 0.6 is 0 Å². The third-order valence-electron chi connectivity index (χ3n) is 3.61. The molecule has 0 saturated carbocycles. The Morgan fingerprint density at radius 3 is 2.94 bits per heavy atom. The summed E-state index contributed by atoms with van der Waals surface area (Å²) in [6, 6.07) is 0.755. The topological polar surface area (TPSA) is 15.3 Å². The Hall–Kier alpha value is -0.600. The minimum atomic E-state index is 0.755. The molecule has 1 atom stereocenters. The molecule has 0 aromatic heterocycles. The summed E-state index contributed by atoms with van der Waals surface area (Å²) < 4.78 is 0. The van der Waals surface area contributed by atoms with Crippen molar-refractivity contribution < 1.29 is 0 Å². The molecule has 17 heavy (non-hydrogen) atoms. The van der Waals surface area contributed by atoms with Gasteiger partial charge in [0, 0.05) is 19.1 Å². The number of piperidine rings is 1. The smallest absolute Gasteiger partial charge is 0.0220 e. The van der Waals surface area contributed by atoms with Crippen LogP contribution in [0.15, 0.2) is 23.8 Å². The minimum Gasteiger partial charge on any atom is -0.318 e. The number of allylic oxidation sites excluding steroid dienone is 3. The van der Waals surface area contributed by atoms with Crippen LogP contribution in [0, 0.1) is 0 Å². The summed E-state index contributed by atoms with van der Waals surface area (Å²) >= 11 is 0. The highest BCUT2D eigenvalue weighted by Crippen LogP contribution is 2.16.